The molecule has 0 heterocycles. The van der Waals surface area contributed by atoms with Crippen molar-refractivity contribution in [2.75, 3.05) is 20.3 Å². The van der Waals surface area contributed by atoms with Gasteiger partial charge in [0.1, 0.15) is 5.75 Å². The third-order valence-electron chi connectivity index (χ3n) is 6.39. The molecule has 0 spiro atoms. The van der Waals surface area contributed by atoms with Gasteiger partial charge in [-0.25, -0.2) is 0 Å². The number of ether oxygens (including phenoxy) is 3. The summed E-state index contributed by atoms with van der Waals surface area (Å²) in [6.45, 7) is 8.56. The van der Waals surface area contributed by atoms with Gasteiger partial charge in [-0.1, -0.05) is 76.4 Å². The molecule has 4 nitrogen and oxygen atoms in total. The topological polar surface area (TPSA) is 44.8 Å². The van der Waals surface area contributed by atoms with Crippen LogP contribution < -0.4 is 4.74 Å². The van der Waals surface area contributed by atoms with Crippen molar-refractivity contribution in [1.82, 2.24) is 0 Å². The van der Waals surface area contributed by atoms with Gasteiger partial charge in [-0.05, 0) is 62.8 Å². The molecule has 4 heteroatoms. The van der Waals surface area contributed by atoms with Crippen molar-refractivity contribution in [3.63, 3.8) is 0 Å². The highest BCUT2D eigenvalue weighted by Gasteiger charge is 2.34. The Bertz CT molecular complexity index is 624. The number of rotatable bonds is 25. The van der Waals surface area contributed by atoms with E-state index in [1.807, 2.05) is 36.4 Å². The molecule has 0 radical (unpaired) electrons. The third-order valence-corrected chi connectivity index (χ3v) is 6.39. The predicted molar refractivity (Wildman–Crippen MR) is 147 cm³/mol. The Morgan fingerprint density at radius 2 is 1.06 bits per heavy atom. The lowest BCUT2D eigenvalue weighted by atomic mass is 10.1. The Morgan fingerprint density at radius 1 is 0.657 bits per heavy atom. The van der Waals surface area contributed by atoms with Crippen LogP contribution >= 0.6 is 0 Å². The van der Waals surface area contributed by atoms with Gasteiger partial charge in [-0.3, -0.25) is 4.79 Å². The number of carbonyl (C=O) groups excluding carboxylic acids is 1. The van der Waals surface area contributed by atoms with Gasteiger partial charge in [0.15, 0.2) is 6.29 Å². The normalized spacial score (nSPS) is 11.3. The van der Waals surface area contributed by atoms with Crippen molar-refractivity contribution in [1.29, 1.82) is 0 Å². The number of allylic oxidation sites excluding steroid dienone is 2. The number of methoxy groups -OCH3 is 1. The van der Waals surface area contributed by atoms with Crippen LogP contribution in [0.15, 0.2) is 49.6 Å². The van der Waals surface area contributed by atoms with E-state index in [0.29, 0.717) is 13.2 Å². The van der Waals surface area contributed by atoms with Crippen LogP contribution in [0.4, 0.5) is 0 Å². The van der Waals surface area contributed by atoms with Gasteiger partial charge < -0.3 is 14.2 Å². The van der Waals surface area contributed by atoms with Gasteiger partial charge in [-0.15, -0.1) is 13.2 Å². The summed E-state index contributed by atoms with van der Waals surface area (Å²) in [5, 5.41) is 0. The molecule has 0 aliphatic heterocycles. The Balaban J connectivity index is 2.44. The van der Waals surface area contributed by atoms with Crippen molar-refractivity contribution in [3.05, 3.63) is 55.1 Å². The highest BCUT2D eigenvalue weighted by atomic mass is 16.7. The molecule has 0 bridgehead atoms. The Morgan fingerprint density at radius 3 is 1.43 bits per heavy atom. The smallest absolute Gasteiger partial charge is 0.253 e. The van der Waals surface area contributed by atoms with Crippen LogP contribution in [0.25, 0.3) is 0 Å². The SMILES string of the molecule is C=CCCCCCCCCCOC(C=O)(OCCCCCCCCCC=C)c1ccc(OC)cc1. The summed E-state index contributed by atoms with van der Waals surface area (Å²) >= 11 is 0. The zero-order valence-corrected chi connectivity index (χ0v) is 22.3. The van der Waals surface area contributed by atoms with E-state index in [2.05, 4.69) is 13.2 Å². The molecule has 0 atom stereocenters. The van der Waals surface area contributed by atoms with Crippen LogP contribution in [0.2, 0.25) is 0 Å². The summed E-state index contributed by atoms with van der Waals surface area (Å²) < 4.78 is 17.5. The number of aldehydes is 1. The maximum atomic E-state index is 12.3. The number of carbonyl (C=O) groups is 1. The molecule has 0 fully saturated rings. The van der Waals surface area contributed by atoms with Crippen LogP contribution in [0, 0.1) is 0 Å². The van der Waals surface area contributed by atoms with Crippen LogP contribution in [0.3, 0.4) is 0 Å². The first-order valence-corrected chi connectivity index (χ1v) is 13.8. The Labute approximate surface area is 215 Å². The van der Waals surface area contributed by atoms with Gasteiger partial charge in [0, 0.05) is 5.56 Å². The highest BCUT2D eigenvalue weighted by Crippen LogP contribution is 2.28. The molecule has 198 valence electrons. The quantitative estimate of drug-likeness (QED) is 0.0600. The lowest BCUT2D eigenvalue weighted by Crippen LogP contribution is -2.36. The van der Waals surface area contributed by atoms with Crippen molar-refractivity contribution in [2.45, 2.75) is 109 Å². The zero-order valence-electron chi connectivity index (χ0n) is 22.3. The van der Waals surface area contributed by atoms with E-state index in [-0.39, 0.29) is 0 Å². The second kappa shape index (κ2) is 21.4. The minimum absolute atomic E-state index is 0.506. The minimum atomic E-state index is -1.35. The molecule has 0 aliphatic carbocycles. The number of benzene rings is 1. The summed E-state index contributed by atoms with van der Waals surface area (Å²) in [6.07, 6.45) is 23.6. The van der Waals surface area contributed by atoms with Crippen molar-refractivity contribution in [2.24, 2.45) is 0 Å². The Kier molecular flexibility index (Phi) is 19.0. The second-order valence-electron chi connectivity index (χ2n) is 9.32. The van der Waals surface area contributed by atoms with Gasteiger partial charge >= 0.3 is 0 Å². The maximum Gasteiger partial charge on any atom is 0.253 e. The fourth-order valence-corrected chi connectivity index (χ4v) is 4.16. The molecular weight excluding hydrogens is 436 g/mol. The third kappa shape index (κ3) is 14.3. The predicted octanol–water partition coefficient (Wildman–Crippen LogP) is 8.69. The van der Waals surface area contributed by atoms with E-state index >= 15 is 0 Å². The molecular formula is C31H50O4. The summed E-state index contributed by atoms with van der Waals surface area (Å²) in [4.78, 5) is 12.3. The van der Waals surface area contributed by atoms with Gasteiger partial charge in [0.25, 0.3) is 5.79 Å². The van der Waals surface area contributed by atoms with Crippen LogP contribution in [-0.2, 0) is 20.1 Å². The van der Waals surface area contributed by atoms with Gasteiger partial charge in [-0.2, -0.15) is 0 Å². The largest absolute Gasteiger partial charge is 0.497 e. The van der Waals surface area contributed by atoms with E-state index in [0.717, 1.165) is 56.1 Å². The molecule has 0 aliphatic rings. The minimum Gasteiger partial charge on any atom is -0.497 e. The molecule has 35 heavy (non-hydrogen) atoms. The fraction of sp³-hybridized carbons (Fsp3) is 0.645. The van der Waals surface area contributed by atoms with Crippen LogP contribution in [0.1, 0.15) is 108 Å². The van der Waals surface area contributed by atoms with Crippen LogP contribution in [0.5, 0.6) is 5.75 Å². The molecule has 1 aromatic rings. The molecule has 0 aromatic heterocycles. The number of hydrogen-bond acceptors (Lipinski definition) is 4. The lowest BCUT2D eigenvalue weighted by Gasteiger charge is -2.29. The number of hydrogen-bond donors (Lipinski definition) is 0. The van der Waals surface area contributed by atoms with Crippen LogP contribution in [-0.4, -0.2) is 26.6 Å². The Hall–Kier alpha value is -1.91. The maximum absolute atomic E-state index is 12.3. The summed E-state index contributed by atoms with van der Waals surface area (Å²) in [7, 11) is 1.63. The molecule has 0 N–H and O–H groups in total. The van der Waals surface area contributed by atoms with E-state index in [1.54, 1.807) is 7.11 Å². The molecule has 1 rings (SSSR count). The second-order valence-corrected chi connectivity index (χ2v) is 9.32. The average Bonchev–Trinajstić information content (AvgIpc) is 2.89. The van der Waals surface area contributed by atoms with Crippen molar-refractivity contribution < 1.29 is 19.0 Å². The summed E-state index contributed by atoms with van der Waals surface area (Å²) in [6, 6.07) is 7.41. The molecule has 0 amide bonds. The zero-order chi connectivity index (χ0) is 25.5. The fourth-order valence-electron chi connectivity index (χ4n) is 4.16. The van der Waals surface area contributed by atoms with E-state index < -0.39 is 5.79 Å². The first-order chi connectivity index (χ1) is 17.2. The first-order valence-electron chi connectivity index (χ1n) is 13.8. The summed E-state index contributed by atoms with van der Waals surface area (Å²) in [5.41, 5.74) is 0.720. The van der Waals surface area contributed by atoms with Gasteiger partial charge in [0.05, 0.1) is 20.3 Å². The average molecular weight is 487 g/mol. The first kappa shape index (κ1) is 31.1. The van der Waals surface area contributed by atoms with Gasteiger partial charge in [0.2, 0.25) is 0 Å². The molecule has 0 saturated heterocycles. The summed E-state index contributed by atoms with van der Waals surface area (Å²) in [5.74, 6) is -0.600. The van der Waals surface area contributed by atoms with E-state index in [4.69, 9.17) is 14.2 Å². The van der Waals surface area contributed by atoms with E-state index in [9.17, 15) is 4.79 Å². The molecule has 1 aromatic carbocycles. The van der Waals surface area contributed by atoms with Crippen molar-refractivity contribution in [3.8, 4) is 5.75 Å². The number of unbranched alkanes of at least 4 members (excludes halogenated alkanes) is 14. The standard InChI is InChI=1S/C31H50O4/c1-4-6-8-10-12-14-16-18-20-26-34-31(28-32,29-22-24-30(33-3)25-23-29)35-27-21-19-17-15-13-11-9-7-5-2/h4-5,22-25,28H,1-2,6-21,26-27H2,3H3. The molecule has 0 saturated carbocycles. The lowest BCUT2D eigenvalue weighted by molar-refractivity contribution is -0.227. The molecule has 0 unspecified atom stereocenters. The van der Waals surface area contributed by atoms with E-state index in [1.165, 1.54) is 64.2 Å². The monoisotopic (exact) mass is 486 g/mol. The highest BCUT2D eigenvalue weighted by molar-refractivity contribution is 5.64. The van der Waals surface area contributed by atoms with Crippen molar-refractivity contribution >= 4 is 6.29 Å².